The van der Waals surface area contributed by atoms with E-state index in [9.17, 15) is 18.0 Å². The van der Waals surface area contributed by atoms with Crippen molar-refractivity contribution in [2.75, 3.05) is 17.1 Å². The average molecular weight is 563 g/mol. The van der Waals surface area contributed by atoms with Gasteiger partial charge >= 0.3 is 0 Å². The van der Waals surface area contributed by atoms with Crippen LogP contribution in [0.1, 0.15) is 39.7 Å². The number of hydrogen-bond acceptors (Lipinski definition) is 4. The SMILES string of the molecule is CC[C@H](C(=O)NC(C)(C)C)N(Cc1ccccc1)C(=O)CN(c1cc(Cl)c(Cl)cc1Cl)S(C)(=O)=O. The molecule has 2 amide bonds. The van der Waals surface area contributed by atoms with Gasteiger partial charge < -0.3 is 10.2 Å². The van der Waals surface area contributed by atoms with Gasteiger partial charge in [-0.25, -0.2) is 8.42 Å². The van der Waals surface area contributed by atoms with Gasteiger partial charge in [0.15, 0.2) is 0 Å². The second-order valence-corrected chi connectivity index (χ2v) is 12.3. The van der Waals surface area contributed by atoms with Gasteiger partial charge in [-0.1, -0.05) is 72.1 Å². The zero-order chi connectivity index (χ0) is 26.6. The highest BCUT2D eigenvalue weighted by molar-refractivity contribution is 7.92. The van der Waals surface area contributed by atoms with E-state index in [2.05, 4.69) is 5.32 Å². The van der Waals surface area contributed by atoms with Gasteiger partial charge in [-0.2, -0.15) is 0 Å². The molecule has 0 fully saturated rings. The maximum absolute atomic E-state index is 13.6. The van der Waals surface area contributed by atoms with Gasteiger partial charge in [0.1, 0.15) is 12.6 Å². The molecule has 1 atom stereocenters. The Kier molecular flexibility index (Phi) is 9.87. The fraction of sp³-hybridized carbons (Fsp3) is 0.417. The van der Waals surface area contributed by atoms with Crippen LogP contribution in [0.5, 0.6) is 0 Å². The van der Waals surface area contributed by atoms with Crippen molar-refractivity contribution in [2.24, 2.45) is 0 Å². The van der Waals surface area contributed by atoms with Crippen molar-refractivity contribution in [1.82, 2.24) is 10.2 Å². The number of hydrogen-bond donors (Lipinski definition) is 1. The van der Waals surface area contributed by atoms with Crippen molar-refractivity contribution in [3.05, 3.63) is 63.1 Å². The molecule has 7 nitrogen and oxygen atoms in total. The highest BCUT2D eigenvalue weighted by atomic mass is 35.5. The molecule has 0 bridgehead atoms. The normalized spacial score (nSPS) is 12.7. The quantitative estimate of drug-likeness (QED) is 0.429. The predicted octanol–water partition coefficient (Wildman–Crippen LogP) is 5.13. The van der Waals surface area contributed by atoms with Crippen LogP contribution in [0.4, 0.5) is 5.69 Å². The summed E-state index contributed by atoms with van der Waals surface area (Å²) in [5.74, 6) is -0.903. The van der Waals surface area contributed by atoms with Gasteiger partial charge in [-0.15, -0.1) is 0 Å². The molecule has 192 valence electrons. The number of rotatable bonds is 9. The highest BCUT2D eigenvalue weighted by Crippen LogP contribution is 2.35. The molecule has 35 heavy (non-hydrogen) atoms. The van der Waals surface area contributed by atoms with E-state index in [0.717, 1.165) is 16.1 Å². The second kappa shape index (κ2) is 11.8. The summed E-state index contributed by atoms with van der Waals surface area (Å²) in [5.41, 5.74) is 0.295. The van der Waals surface area contributed by atoms with E-state index in [4.69, 9.17) is 34.8 Å². The summed E-state index contributed by atoms with van der Waals surface area (Å²) < 4.78 is 26.3. The largest absolute Gasteiger partial charge is 0.350 e. The monoisotopic (exact) mass is 561 g/mol. The minimum absolute atomic E-state index is 0.0174. The van der Waals surface area contributed by atoms with Crippen LogP contribution in [0.3, 0.4) is 0 Å². The molecule has 0 heterocycles. The molecule has 2 rings (SSSR count). The molecule has 2 aromatic rings. The first-order valence-electron chi connectivity index (χ1n) is 10.9. The minimum atomic E-state index is -3.95. The molecule has 0 spiro atoms. The van der Waals surface area contributed by atoms with E-state index < -0.39 is 34.1 Å². The third kappa shape index (κ3) is 8.27. The first-order valence-corrected chi connectivity index (χ1v) is 13.9. The molecule has 0 aliphatic rings. The Hall–Kier alpha value is -2.00. The van der Waals surface area contributed by atoms with Crippen molar-refractivity contribution in [3.8, 4) is 0 Å². The fourth-order valence-electron chi connectivity index (χ4n) is 3.45. The Morgan fingerprint density at radius 2 is 1.57 bits per heavy atom. The summed E-state index contributed by atoms with van der Waals surface area (Å²) in [7, 11) is -3.95. The molecule has 11 heteroatoms. The molecule has 1 N–H and O–H groups in total. The Balaban J connectivity index is 2.50. The Labute approximate surface area is 222 Å². The lowest BCUT2D eigenvalue weighted by molar-refractivity contribution is -0.141. The first kappa shape index (κ1) is 29.2. The Morgan fingerprint density at radius 3 is 2.09 bits per heavy atom. The van der Waals surface area contributed by atoms with E-state index in [1.54, 1.807) is 6.92 Å². The standard InChI is InChI=1S/C24H30Cl3N3O4S/c1-6-20(23(32)28-24(2,3)4)29(14-16-10-8-7-9-11-16)22(31)15-30(35(5,33)34)21-13-18(26)17(25)12-19(21)27/h7-13,20H,6,14-15H2,1-5H3,(H,28,32)/t20-/m1/s1. The molecule has 0 radical (unpaired) electrons. The first-order chi connectivity index (χ1) is 16.1. The number of sulfonamides is 1. The molecule has 2 aromatic carbocycles. The lowest BCUT2D eigenvalue weighted by Crippen LogP contribution is -2.55. The number of benzene rings is 2. The smallest absolute Gasteiger partial charge is 0.244 e. The summed E-state index contributed by atoms with van der Waals surface area (Å²) in [4.78, 5) is 28.2. The van der Waals surface area contributed by atoms with Crippen LogP contribution < -0.4 is 9.62 Å². The number of carbonyl (C=O) groups excluding carboxylic acids is 2. The third-order valence-electron chi connectivity index (χ3n) is 5.02. The summed E-state index contributed by atoms with van der Waals surface area (Å²) in [6.45, 7) is 6.86. The summed E-state index contributed by atoms with van der Waals surface area (Å²) in [5, 5.41) is 3.17. The number of nitrogens with zero attached hydrogens (tertiary/aromatic N) is 2. The van der Waals surface area contributed by atoms with Gasteiger partial charge in [0, 0.05) is 12.1 Å². The van der Waals surface area contributed by atoms with Crippen LogP contribution in [-0.4, -0.2) is 49.5 Å². The van der Waals surface area contributed by atoms with Crippen molar-refractivity contribution in [1.29, 1.82) is 0 Å². The van der Waals surface area contributed by atoms with Gasteiger partial charge in [0.25, 0.3) is 0 Å². The second-order valence-electron chi connectivity index (χ2n) is 9.16. The van der Waals surface area contributed by atoms with Crippen molar-refractivity contribution in [2.45, 2.75) is 52.2 Å². The number of amides is 2. The number of halogens is 3. The van der Waals surface area contributed by atoms with E-state index in [0.29, 0.717) is 6.42 Å². The van der Waals surface area contributed by atoms with Crippen molar-refractivity contribution in [3.63, 3.8) is 0 Å². The molecule has 0 aliphatic carbocycles. The van der Waals surface area contributed by atoms with Crippen LogP contribution in [-0.2, 0) is 26.2 Å². The molecular formula is C24H30Cl3N3O4S. The van der Waals surface area contributed by atoms with E-state index >= 15 is 0 Å². The van der Waals surface area contributed by atoms with Gasteiger partial charge in [-0.05, 0) is 44.9 Å². The summed E-state index contributed by atoms with van der Waals surface area (Å²) in [6, 6.07) is 10.9. The third-order valence-corrected chi connectivity index (χ3v) is 7.17. The summed E-state index contributed by atoms with van der Waals surface area (Å²) in [6.07, 6.45) is 1.29. The maximum atomic E-state index is 13.6. The van der Waals surface area contributed by atoms with Crippen LogP contribution in [0.2, 0.25) is 15.1 Å². The molecule has 0 saturated carbocycles. The van der Waals surface area contributed by atoms with Gasteiger partial charge in [-0.3, -0.25) is 13.9 Å². The zero-order valence-electron chi connectivity index (χ0n) is 20.3. The number of carbonyl (C=O) groups is 2. The van der Waals surface area contributed by atoms with E-state index in [1.807, 2.05) is 51.1 Å². The molecule has 0 saturated heterocycles. The van der Waals surface area contributed by atoms with Crippen LogP contribution in [0, 0.1) is 0 Å². The van der Waals surface area contributed by atoms with Crippen LogP contribution >= 0.6 is 34.8 Å². The average Bonchev–Trinajstić information content (AvgIpc) is 2.73. The minimum Gasteiger partial charge on any atom is -0.350 e. The topological polar surface area (TPSA) is 86.8 Å². The molecule has 0 aromatic heterocycles. The van der Waals surface area contributed by atoms with Crippen molar-refractivity contribution < 1.29 is 18.0 Å². The molecule has 0 unspecified atom stereocenters. The number of anilines is 1. The van der Waals surface area contributed by atoms with Gasteiger partial charge in [0.2, 0.25) is 21.8 Å². The molecular weight excluding hydrogens is 533 g/mol. The Bertz CT molecular complexity index is 1170. The van der Waals surface area contributed by atoms with Gasteiger partial charge in [0.05, 0.1) is 27.0 Å². The Morgan fingerprint density at radius 1 is 1.00 bits per heavy atom. The predicted molar refractivity (Wildman–Crippen MR) is 143 cm³/mol. The summed E-state index contributed by atoms with van der Waals surface area (Å²) >= 11 is 18.4. The van der Waals surface area contributed by atoms with E-state index in [-0.39, 0.29) is 33.2 Å². The lowest BCUT2D eigenvalue weighted by atomic mass is 10.1. The number of nitrogens with one attached hydrogen (secondary N) is 1. The maximum Gasteiger partial charge on any atom is 0.244 e. The van der Waals surface area contributed by atoms with Crippen LogP contribution in [0.25, 0.3) is 0 Å². The zero-order valence-corrected chi connectivity index (χ0v) is 23.4. The highest BCUT2D eigenvalue weighted by Gasteiger charge is 2.33. The van der Waals surface area contributed by atoms with Crippen LogP contribution in [0.15, 0.2) is 42.5 Å². The van der Waals surface area contributed by atoms with Crippen molar-refractivity contribution >= 4 is 62.3 Å². The van der Waals surface area contributed by atoms with E-state index in [1.165, 1.54) is 17.0 Å². The lowest BCUT2D eigenvalue weighted by Gasteiger charge is -2.34. The molecule has 0 aliphatic heterocycles. The fourth-order valence-corrected chi connectivity index (χ4v) is 5.00.